The summed E-state index contributed by atoms with van der Waals surface area (Å²) >= 11 is 5.87. The fourth-order valence-electron chi connectivity index (χ4n) is 4.28. The van der Waals surface area contributed by atoms with E-state index in [1.54, 1.807) is 7.11 Å². The van der Waals surface area contributed by atoms with Crippen molar-refractivity contribution in [2.24, 2.45) is 11.7 Å². The van der Waals surface area contributed by atoms with Crippen molar-refractivity contribution in [3.63, 3.8) is 0 Å². The van der Waals surface area contributed by atoms with Gasteiger partial charge in [0.15, 0.2) is 0 Å². The monoisotopic (exact) mass is 581 g/mol. The maximum absolute atomic E-state index is 11.0. The molecule has 0 aliphatic rings. The summed E-state index contributed by atoms with van der Waals surface area (Å²) in [4.78, 5) is 11.0. The third-order valence-electron chi connectivity index (χ3n) is 7.02. The largest absolute Gasteiger partial charge is 0.494 e. The second kappa shape index (κ2) is 15.8. The molecule has 7 nitrogen and oxygen atoms in total. The van der Waals surface area contributed by atoms with Gasteiger partial charge in [0.2, 0.25) is 0 Å². The minimum atomic E-state index is -1.02. The van der Waals surface area contributed by atoms with E-state index in [-0.39, 0.29) is 11.8 Å². The Labute approximate surface area is 249 Å². The minimum Gasteiger partial charge on any atom is -0.494 e. The van der Waals surface area contributed by atoms with E-state index in [0.717, 1.165) is 22.5 Å². The Kier molecular flexibility index (Phi) is 12.5. The van der Waals surface area contributed by atoms with Gasteiger partial charge >= 0.3 is 13.1 Å². The van der Waals surface area contributed by atoms with Gasteiger partial charge in [-0.25, -0.2) is 0 Å². The van der Waals surface area contributed by atoms with Gasteiger partial charge in [-0.3, -0.25) is 4.79 Å². The number of hydrogen-bond donors (Lipinski definition) is 2. The van der Waals surface area contributed by atoms with E-state index in [0.29, 0.717) is 38.0 Å². The highest BCUT2D eigenvalue weighted by Gasteiger charge is 2.23. The average molecular weight is 582 g/mol. The van der Waals surface area contributed by atoms with E-state index in [1.165, 1.54) is 11.1 Å². The molecule has 3 rings (SSSR count). The number of carbonyl (C=O) groups is 1. The molecule has 0 aliphatic carbocycles. The number of halogens is 1. The van der Waals surface area contributed by atoms with Gasteiger partial charge in [0.25, 0.3) is 0 Å². The Morgan fingerprint density at radius 1 is 0.927 bits per heavy atom. The summed E-state index contributed by atoms with van der Waals surface area (Å²) in [5.41, 5.74) is 9.53. The molecule has 0 bridgehead atoms. The third-order valence-corrected chi connectivity index (χ3v) is 7.54. The van der Waals surface area contributed by atoms with Crippen LogP contribution in [0.4, 0.5) is 0 Å². The van der Waals surface area contributed by atoms with Crippen LogP contribution in [-0.2, 0) is 25.9 Å². The lowest BCUT2D eigenvalue weighted by Gasteiger charge is -2.26. The molecular formula is C32H41BClNO6. The zero-order valence-corrected chi connectivity index (χ0v) is 25.1. The van der Waals surface area contributed by atoms with Crippen LogP contribution in [0.25, 0.3) is 0 Å². The number of hydrogen-bond acceptors (Lipinski definition) is 6. The number of carboxylic acids is 1. The zero-order chi connectivity index (χ0) is 29.8. The molecule has 0 fully saturated rings. The van der Waals surface area contributed by atoms with E-state index >= 15 is 0 Å². The quantitative estimate of drug-likeness (QED) is 0.131. The molecule has 3 aromatic carbocycles. The van der Waals surface area contributed by atoms with E-state index in [4.69, 9.17) is 41.2 Å². The van der Waals surface area contributed by atoms with Crippen molar-refractivity contribution >= 4 is 30.2 Å². The van der Waals surface area contributed by atoms with Gasteiger partial charge in [-0.2, -0.15) is 0 Å². The summed E-state index contributed by atoms with van der Waals surface area (Å²) in [7, 11) is 1.07. The summed E-state index contributed by atoms with van der Waals surface area (Å²) in [5.74, 6) is 1.53. The number of benzene rings is 3. The van der Waals surface area contributed by atoms with Gasteiger partial charge < -0.3 is 29.6 Å². The molecule has 3 N–H and O–H groups in total. The Morgan fingerprint density at radius 2 is 1.49 bits per heavy atom. The van der Waals surface area contributed by atoms with Gasteiger partial charge in [0, 0.05) is 37.4 Å². The maximum Gasteiger partial charge on any atom is 0.493 e. The molecule has 2 atom stereocenters. The highest BCUT2D eigenvalue weighted by molar-refractivity contribution is 6.61. The van der Waals surface area contributed by atoms with Gasteiger partial charge in [0.05, 0.1) is 13.2 Å². The van der Waals surface area contributed by atoms with Crippen LogP contribution < -0.4 is 20.7 Å². The number of nitrogens with two attached hydrogens (primary N) is 1. The number of alkyl halides is 1. The van der Waals surface area contributed by atoms with Crippen LogP contribution in [0.3, 0.4) is 0 Å². The second-order valence-corrected chi connectivity index (χ2v) is 11.1. The van der Waals surface area contributed by atoms with Crippen LogP contribution in [-0.4, -0.2) is 57.0 Å². The predicted molar refractivity (Wildman–Crippen MR) is 165 cm³/mol. The smallest absolute Gasteiger partial charge is 0.493 e. The number of ether oxygens (including phenoxy) is 2. The Balaban J connectivity index is 1.44. The van der Waals surface area contributed by atoms with Crippen LogP contribution >= 0.6 is 11.6 Å². The Morgan fingerprint density at radius 3 is 2.00 bits per heavy atom. The molecule has 1 unspecified atom stereocenters. The zero-order valence-electron chi connectivity index (χ0n) is 24.3. The van der Waals surface area contributed by atoms with Gasteiger partial charge in [-0.05, 0) is 52.8 Å². The van der Waals surface area contributed by atoms with Gasteiger partial charge in [-0.15, -0.1) is 11.6 Å². The highest BCUT2D eigenvalue weighted by Crippen LogP contribution is 2.33. The summed E-state index contributed by atoms with van der Waals surface area (Å²) in [6.45, 7) is 8.05. The van der Waals surface area contributed by atoms with Gasteiger partial charge in [-0.1, -0.05) is 69.3 Å². The summed E-state index contributed by atoms with van der Waals surface area (Å²) in [6.07, 6.45) is 0.957. The summed E-state index contributed by atoms with van der Waals surface area (Å²) < 4.78 is 23.1. The average Bonchev–Trinajstić information content (AvgIpc) is 2.98. The SMILES string of the molecule is COB(OCCCOc1ccc(C(C)(C)c2ccc(OCC(C)CCl)cc2)cc1)c1ccc(C[C@H](N)C(=O)O)cc1. The normalized spacial score (nSPS) is 12.9. The van der Waals surface area contributed by atoms with E-state index < -0.39 is 19.1 Å². The fourth-order valence-corrected chi connectivity index (χ4v) is 4.37. The molecule has 0 heterocycles. The van der Waals surface area contributed by atoms with Crippen LogP contribution in [0.2, 0.25) is 0 Å². The number of aliphatic carboxylic acids is 1. The Bertz CT molecular complexity index is 1200. The third kappa shape index (κ3) is 9.78. The molecule has 3 aromatic rings. The first-order valence-corrected chi connectivity index (χ1v) is 14.4. The molecule has 0 aliphatic heterocycles. The van der Waals surface area contributed by atoms with Crippen molar-refractivity contribution in [3.8, 4) is 11.5 Å². The summed E-state index contributed by atoms with van der Waals surface area (Å²) in [6, 6.07) is 22.9. The predicted octanol–water partition coefficient (Wildman–Crippen LogP) is 5.05. The first-order chi connectivity index (χ1) is 19.6. The van der Waals surface area contributed by atoms with E-state index in [2.05, 4.69) is 45.0 Å². The number of carboxylic acid groups (broad SMARTS) is 1. The van der Waals surface area contributed by atoms with Crippen molar-refractivity contribution in [2.45, 2.75) is 45.1 Å². The molecule has 0 amide bonds. The lowest BCUT2D eigenvalue weighted by molar-refractivity contribution is -0.138. The van der Waals surface area contributed by atoms with Crippen molar-refractivity contribution in [3.05, 3.63) is 89.5 Å². The van der Waals surface area contributed by atoms with Crippen LogP contribution in [0.5, 0.6) is 11.5 Å². The lowest BCUT2D eigenvalue weighted by Crippen LogP contribution is -2.36. The van der Waals surface area contributed by atoms with Crippen LogP contribution in [0.1, 0.15) is 43.9 Å². The fraction of sp³-hybridized carbons (Fsp3) is 0.406. The molecule has 0 spiro atoms. The van der Waals surface area contributed by atoms with E-state index in [9.17, 15) is 4.79 Å². The minimum absolute atomic E-state index is 0.177. The van der Waals surface area contributed by atoms with Crippen molar-refractivity contribution in [1.82, 2.24) is 0 Å². The molecular weight excluding hydrogens is 541 g/mol. The second-order valence-electron chi connectivity index (χ2n) is 10.8. The molecule has 0 saturated carbocycles. The first kappa shape index (κ1) is 32.5. The van der Waals surface area contributed by atoms with Crippen LogP contribution in [0, 0.1) is 5.92 Å². The van der Waals surface area contributed by atoms with Crippen molar-refractivity contribution in [1.29, 1.82) is 0 Å². The van der Waals surface area contributed by atoms with Crippen molar-refractivity contribution < 1.29 is 28.7 Å². The summed E-state index contributed by atoms with van der Waals surface area (Å²) in [5, 5.41) is 8.98. The first-order valence-electron chi connectivity index (χ1n) is 13.9. The Hall–Kier alpha value is -3.04. The van der Waals surface area contributed by atoms with Crippen LogP contribution in [0.15, 0.2) is 72.8 Å². The molecule has 220 valence electrons. The highest BCUT2D eigenvalue weighted by atomic mass is 35.5. The molecule has 0 saturated heterocycles. The standard InChI is InChI=1S/C32H41BClNO6/c1-23(21-34)22-40-29-16-10-26(11-17-29)32(2,3)25-8-14-28(15-9-25)39-18-5-19-41-33(38-4)27-12-6-24(7-13-27)20-30(35)31(36)37/h6-17,23,30H,5,18-22,35H2,1-4H3,(H,36,37)/t23?,30-/m0/s1. The molecule has 9 heteroatoms. The van der Waals surface area contributed by atoms with E-state index in [1.807, 2.05) is 48.5 Å². The topological polar surface area (TPSA) is 100 Å². The molecule has 41 heavy (non-hydrogen) atoms. The number of rotatable bonds is 17. The van der Waals surface area contributed by atoms with Crippen molar-refractivity contribution in [2.75, 3.05) is 32.8 Å². The molecule has 0 aromatic heterocycles. The van der Waals surface area contributed by atoms with Gasteiger partial charge in [0.1, 0.15) is 17.5 Å². The maximum atomic E-state index is 11.0. The lowest BCUT2D eigenvalue weighted by atomic mass is 9.78. The molecule has 0 radical (unpaired) electrons.